The lowest BCUT2D eigenvalue weighted by molar-refractivity contribution is -0.140. The second-order valence-electron chi connectivity index (χ2n) is 4.09. The lowest BCUT2D eigenvalue weighted by Crippen LogP contribution is -2.43. The number of carbonyl (C=O) groups excluding carboxylic acids is 1. The van der Waals surface area contributed by atoms with Gasteiger partial charge in [-0.3, -0.25) is 4.79 Å². The number of amides is 1. The van der Waals surface area contributed by atoms with Crippen LogP contribution in [0, 0.1) is 0 Å². The van der Waals surface area contributed by atoms with Crippen LogP contribution < -0.4 is 5.32 Å². The van der Waals surface area contributed by atoms with Gasteiger partial charge < -0.3 is 19.7 Å². The van der Waals surface area contributed by atoms with Crippen molar-refractivity contribution in [1.82, 2.24) is 10.5 Å². The third kappa shape index (κ3) is 3.56. The van der Waals surface area contributed by atoms with Crippen molar-refractivity contribution >= 4 is 11.9 Å². The molecule has 0 fully saturated rings. The van der Waals surface area contributed by atoms with Crippen molar-refractivity contribution < 1.29 is 24.0 Å². The van der Waals surface area contributed by atoms with Gasteiger partial charge in [-0.05, 0) is 5.92 Å². The van der Waals surface area contributed by atoms with Gasteiger partial charge in [0, 0.05) is 13.2 Å². The monoisotopic (exact) mass is 256 g/mol. The van der Waals surface area contributed by atoms with Crippen molar-refractivity contribution in [3.8, 4) is 0 Å². The second kappa shape index (κ2) is 6.15. The van der Waals surface area contributed by atoms with Gasteiger partial charge in [0.2, 0.25) is 5.76 Å². The highest BCUT2D eigenvalue weighted by molar-refractivity contribution is 5.94. The summed E-state index contributed by atoms with van der Waals surface area (Å²) in [7, 11) is 1.35. The molecule has 0 aliphatic carbocycles. The lowest BCUT2D eigenvalue weighted by Gasteiger charge is -2.11. The Morgan fingerprint density at radius 1 is 1.56 bits per heavy atom. The zero-order valence-corrected chi connectivity index (χ0v) is 10.5. The number of carboxylic acids is 1. The van der Waals surface area contributed by atoms with Crippen LogP contribution in [-0.4, -0.2) is 41.9 Å². The standard InChI is InChI=1S/C11H16N2O5/c1-6(2)7-4-9(18-13-7)10(14)12-8(5-17-3)11(15)16/h4,6,8H,5H2,1-3H3,(H,12,14)(H,15,16). The summed E-state index contributed by atoms with van der Waals surface area (Å²) in [5, 5.41) is 14.9. The van der Waals surface area contributed by atoms with E-state index in [1.807, 2.05) is 13.8 Å². The van der Waals surface area contributed by atoms with E-state index in [1.54, 1.807) is 0 Å². The van der Waals surface area contributed by atoms with Gasteiger partial charge in [-0.2, -0.15) is 0 Å². The molecule has 0 aliphatic heterocycles. The molecule has 0 bridgehead atoms. The molecule has 7 heteroatoms. The van der Waals surface area contributed by atoms with Crippen LogP contribution in [0.5, 0.6) is 0 Å². The largest absolute Gasteiger partial charge is 0.480 e. The molecule has 0 radical (unpaired) electrons. The summed E-state index contributed by atoms with van der Waals surface area (Å²) < 4.78 is 9.55. The summed E-state index contributed by atoms with van der Waals surface area (Å²) in [6.45, 7) is 3.70. The van der Waals surface area contributed by atoms with Gasteiger partial charge in [0.15, 0.2) is 6.04 Å². The van der Waals surface area contributed by atoms with Crippen molar-refractivity contribution in [3.63, 3.8) is 0 Å². The highest BCUT2D eigenvalue weighted by atomic mass is 16.5. The normalized spacial score (nSPS) is 12.4. The minimum atomic E-state index is -1.17. The molecule has 1 heterocycles. The zero-order valence-electron chi connectivity index (χ0n) is 10.5. The number of hydrogen-bond acceptors (Lipinski definition) is 5. The Labute approximate surface area is 104 Å². The molecule has 1 aromatic rings. The van der Waals surface area contributed by atoms with E-state index in [-0.39, 0.29) is 18.3 Å². The molecule has 1 aromatic heterocycles. The van der Waals surface area contributed by atoms with Crippen LogP contribution in [-0.2, 0) is 9.53 Å². The molecule has 18 heavy (non-hydrogen) atoms. The fourth-order valence-electron chi connectivity index (χ4n) is 1.24. The predicted molar refractivity (Wildman–Crippen MR) is 61.4 cm³/mol. The summed E-state index contributed by atoms with van der Waals surface area (Å²) in [4.78, 5) is 22.5. The van der Waals surface area contributed by atoms with E-state index in [2.05, 4.69) is 10.5 Å². The molecular weight excluding hydrogens is 240 g/mol. The number of carbonyl (C=O) groups is 2. The first-order valence-electron chi connectivity index (χ1n) is 5.45. The van der Waals surface area contributed by atoms with Crippen LogP contribution in [0.4, 0.5) is 0 Å². The number of ether oxygens (including phenoxy) is 1. The van der Waals surface area contributed by atoms with Gasteiger partial charge in [-0.25, -0.2) is 4.79 Å². The van der Waals surface area contributed by atoms with Crippen LogP contribution in [0.1, 0.15) is 36.0 Å². The SMILES string of the molecule is COCC(NC(=O)c1cc(C(C)C)no1)C(=O)O. The van der Waals surface area contributed by atoms with Gasteiger partial charge >= 0.3 is 5.97 Å². The van der Waals surface area contributed by atoms with Crippen LogP contribution in [0.25, 0.3) is 0 Å². The van der Waals surface area contributed by atoms with Gasteiger partial charge in [-0.1, -0.05) is 19.0 Å². The summed E-state index contributed by atoms with van der Waals surface area (Å²) in [6, 6.07) is 0.376. The number of aromatic nitrogens is 1. The Bertz CT molecular complexity index is 427. The van der Waals surface area contributed by atoms with Crippen molar-refractivity contribution in [2.75, 3.05) is 13.7 Å². The van der Waals surface area contributed by atoms with Crippen molar-refractivity contribution in [1.29, 1.82) is 0 Å². The molecule has 1 unspecified atom stereocenters. The predicted octanol–water partition coefficient (Wildman–Crippen LogP) is 0.627. The second-order valence-corrected chi connectivity index (χ2v) is 4.09. The summed E-state index contributed by atoms with van der Waals surface area (Å²) in [6.07, 6.45) is 0. The Balaban J connectivity index is 2.71. The number of aliphatic carboxylic acids is 1. The molecule has 1 rings (SSSR count). The topological polar surface area (TPSA) is 102 Å². The van der Waals surface area contributed by atoms with Gasteiger partial charge in [0.05, 0.1) is 12.3 Å². The Morgan fingerprint density at radius 2 is 2.22 bits per heavy atom. The molecule has 0 aliphatic rings. The molecule has 1 amide bonds. The van der Waals surface area contributed by atoms with Gasteiger partial charge in [0.1, 0.15) is 0 Å². The first kappa shape index (κ1) is 14.2. The molecule has 100 valence electrons. The number of methoxy groups -OCH3 is 1. The Hall–Kier alpha value is -1.89. The number of carboxylic acid groups (broad SMARTS) is 1. The van der Waals surface area contributed by atoms with E-state index in [0.717, 1.165) is 0 Å². The number of rotatable bonds is 6. The fourth-order valence-corrected chi connectivity index (χ4v) is 1.24. The van der Waals surface area contributed by atoms with Crippen LogP contribution in [0.2, 0.25) is 0 Å². The molecule has 0 aromatic carbocycles. The maximum Gasteiger partial charge on any atom is 0.328 e. The number of nitrogens with one attached hydrogen (secondary N) is 1. The minimum Gasteiger partial charge on any atom is -0.480 e. The Kier molecular flexibility index (Phi) is 4.85. The highest BCUT2D eigenvalue weighted by Crippen LogP contribution is 2.13. The third-order valence-corrected chi connectivity index (χ3v) is 2.28. The Morgan fingerprint density at radius 3 is 2.67 bits per heavy atom. The van der Waals surface area contributed by atoms with Gasteiger partial charge in [0.25, 0.3) is 5.91 Å². The van der Waals surface area contributed by atoms with Gasteiger partial charge in [-0.15, -0.1) is 0 Å². The molecule has 2 N–H and O–H groups in total. The third-order valence-electron chi connectivity index (χ3n) is 2.28. The molecule has 0 spiro atoms. The van der Waals surface area contributed by atoms with E-state index >= 15 is 0 Å². The zero-order chi connectivity index (χ0) is 13.7. The van der Waals surface area contributed by atoms with Crippen molar-refractivity contribution in [2.45, 2.75) is 25.8 Å². The van der Waals surface area contributed by atoms with E-state index in [1.165, 1.54) is 13.2 Å². The van der Waals surface area contributed by atoms with Crippen LogP contribution in [0.3, 0.4) is 0 Å². The average molecular weight is 256 g/mol. The molecule has 0 saturated carbocycles. The minimum absolute atomic E-state index is 0.0129. The molecule has 0 saturated heterocycles. The van der Waals surface area contributed by atoms with Crippen LogP contribution in [0.15, 0.2) is 10.6 Å². The fraction of sp³-hybridized carbons (Fsp3) is 0.545. The smallest absolute Gasteiger partial charge is 0.328 e. The average Bonchev–Trinajstić information content (AvgIpc) is 2.77. The van der Waals surface area contributed by atoms with Crippen LogP contribution >= 0.6 is 0 Å². The summed E-state index contributed by atoms with van der Waals surface area (Å²) in [5.41, 5.74) is 0.638. The first-order chi connectivity index (χ1) is 8.45. The first-order valence-corrected chi connectivity index (χ1v) is 5.45. The molecule has 7 nitrogen and oxygen atoms in total. The van der Waals surface area contributed by atoms with E-state index in [9.17, 15) is 9.59 Å². The van der Waals surface area contributed by atoms with Crippen molar-refractivity contribution in [3.05, 3.63) is 17.5 Å². The quantitative estimate of drug-likeness (QED) is 0.774. The molecule has 1 atom stereocenters. The highest BCUT2D eigenvalue weighted by Gasteiger charge is 2.23. The maximum absolute atomic E-state index is 11.7. The van der Waals surface area contributed by atoms with E-state index in [0.29, 0.717) is 5.69 Å². The summed E-state index contributed by atoms with van der Waals surface area (Å²) in [5.74, 6) is -1.68. The summed E-state index contributed by atoms with van der Waals surface area (Å²) >= 11 is 0. The van der Waals surface area contributed by atoms with Crippen molar-refractivity contribution in [2.24, 2.45) is 0 Å². The van der Waals surface area contributed by atoms with E-state index < -0.39 is 17.9 Å². The molecular formula is C11H16N2O5. The number of nitrogens with zero attached hydrogens (tertiary/aromatic N) is 1. The lowest BCUT2D eigenvalue weighted by atomic mass is 10.1. The maximum atomic E-state index is 11.7. The number of hydrogen-bond donors (Lipinski definition) is 2. The van der Waals surface area contributed by atoms with E-state index in [4.69, 9.17) is 14.4 Å².